The number of rotatable bonds is 6. The van der Waals surface area contributed by atoms with E-state index in [1.54, 1.807) is 0 Å². The largest absolute Gasteiger partial charge is 0.478 e. The summed E-state index contributed by atoms with van der Waals surface area (Å²) in [4.78, 5) is 19.0. The molecule has 0 aromatic carbocycles. The number of carboxylic acid groups (broad SMARTS) is 1. The molecule has 110 valence electrons. The van der Waals surface area contributed by atoms with Gasteiger partial charge in [-0.15, -0.1) is 0 Å². The third-order valence-electron chi connectivity index (χ3n) is 4.22. The zero-order chi connectivity index (χ0) is 14.4. The maximum Gasteiger partial charge on any atom is 0.339 e. The molecule has 5 heteroatoms. The minimum atomic E-state index is -0.965. The molecule has 0 radical (unpaired) electrons. The minimum Gasteiger partial charge on any atom is -0.478 e. The molecule has 1 fully saturated rings. The molecule has 2 rings (SSSR count). The Hall–Kier alpha value is -1.49. The van der Waals surface area contributed by atoms with Crippen molar-refractivity contribution in [2.24, 2.45) is 5.92 Å². The van der Waals surface area contributed by atoms with Gasteiger partial charge in [-0.1, -0.05) is 26.2 Å². The molecule has 2 N–H and O–H groups in total. The lowest BCUT2D eigenvalue weighted by atomic mass is 9.83. The molecule has 0 spiro atoms. The Morgan fingerprint density at radius 2 is 2.20 bits per heavy atom. The number of carboxylic acids is 1. The first-order valence-corrected chi connectivity index (χ1v) is 7.48. The molecule has 20 heavy (non-hydrogen) atoms. The molecule has 1 unspecified atom stereocenters. The Balaban J connectivity index is 1.97. The van der Waals surface area contributed by atoms with E-state index in [2.05, 4.69) is 22.2 Å². The molecule has 1 aromatic heterocycles. The normalized spacial score (nSPS) is 17.9. The van der Waals surface area contributed by atoms with Gasteiger partial charge in [-0.3, -0.25) is 0 Å². The second kappa shape index (κ2) is 7.33. The van der Waals surface area contributed by atoms with Crippen molar-refractivity contribution >= 4 is 5.97 Å². The molecule has 0 saturated heterocycles. The molecule has 1 aromatic rings. The van der Waals surface area contributed by atoms with E-state index in [1.165, 1.54) is 44.6 Å². The Bertz CT molecular complexity index is 444. The van der Waals surface area contributed by atoms with E-state index < -0.39 is 5.97 Å². The quantitative estimate of drug-likeness (QED) is 0.836. The Labute approximate surface area is 119 Å². The first kappa shape index (κ1) is 14.9. The number of hydrogen-bond acceptors (Lipinski definition) is 4. The summed E-state index contributed by atoms with van der Waals surface area (Å²) in [6, 6.07) is 0.451. The number of aromatic carboxylic acids is 1. The van der Waals surface area contributed by atoms with Gasteiger partial charge >= 0.3 is 5.97 Å². The van der Waals surface area contributed by atoms with Crippen LogP contribution in [-0.4, -0.2) is 27.1 Å². The van der Waals surface area contributed by atoms with Crippen molar-refractivity contribution in [2.45, 2.75) is 58.0 Å². The zero-order valence-corrected chi connectivity index (χ0v) is 12.0. The third-order valence-corrected chi connectivity index (χ3v) is 4.22. The maximum absolute atomic E-state index is 11.1. The van der Waals surface area contributed by atoms with Crippen LogP contribution in [0.15, 0.2) is 12.5 Å². The van der Waals surface area contributed by atoms with Crippen LogP contribution >= 0.6 is 0 Å². The van der Waals surface area contributed by atoms with Gasteiger partial charge in [0.2, 0.25) is 0 Å². The summed E-state index contributed by atoms with van der Waals surface area (Å²) in [5.74, 6) is -0.253. The number of carbonyl (C=O) groups is 1. The van der Waals surface area contributed by atoms with E-state index in [0.29, 0.717) is 24.2 Å². The highest BCUT2D eigenvalue weighted by molar-refractivity contribution is 5.88. The second-order valence-corrected chi connectivity index (χ2v) is 5.48. The number of aromatic nitrogens is 2. The fourth-order valence-corrected chi connectivity index (χ4v) is 3.08. The van der Waals surface area contributed by atoms with Crippen molar-refractivity contribution < 1.29 is 9.90 Å². The van der Waals surface area contributed by atoms with Crippen molar-refractivity contribution in [3.05, 3.63) is 23.8 Å². The molecule has 5 nitrogen and oxygen atoms in total. The minimum absolute atomic E-state index is 0.193. The summed E-state index contributed by atoms with van der Waals surface area (Å²) in [5, 5.41) is 12.6. The van der Waals surface area contributed by atoms with E-state index in [4.69, 9.17) is 5.11 Å². The fraction of sp³-hybridized carbons (Fsp3) is 0.667. The molecule has 1 heterocycles. The van der Waals surface area contributed by atoms with Crippen LogP contribution in [0.25, 0.3) is 0 Å². The summed E-state index contributed by atoms with van der Waals surface area (Å²) < 4.78 is 0. The number of nitrogens with one attached hydrogen (secondary N) is 1. The Kier molecular flexibility index (Phi) is 5.47. The molecule has 1 saturated carbocycles. The van der Waals surface area contributed by atoms with Crippen LogP contribution in [0.1, 0.15) is 61.5 Å². The van der Waals surface area contributed by atoms with Crippen molar-refractivity contribution in [1.82, 2.24) is 15.3 Å². The molecule has 0 amide bonds. The first-order valence-electron chi connectivity index (χ1n) is 7.48. The van der Waals surface area contributed by atoms with Gasteiger partial charge < -0.3 is 10.4 Å². The van der Waals surface area contributed by atoms with Crippen molar-refractivity contribution in [3.63, 3.8) is 0 Å². The molecular weight excluding hydrogens is 254 g/mol. The number of hydrogen-bond donors (Lipinski definition) is 2. The highest BCUT2D eigenvalue weighted by atomic mass is 16.4. The average Bonchev–Trinajstić information content (AvgIpc) is 2.49. The SMILES string of the molecule is CCC(NCc1ncncc1C(=O)O)C1CCCCC1. The third kappa shape index (κ3) is 3.76. The smallest absolute Gasteiger partial charge is 0.339 e. The molecule has 1 aliphatic carbocycles. The van der Waals surface area contributed by atoms with Gasteiger partial charge in [-0.2, -0.15) is 0 Å². The lowest BCUT2D eigenvalue weighted by Gasteiger charge is -2.30. The van der Waals surface area contributed by atoms with Gasteiger partial charge in [0, 0.05) is 18.8 Å². The summed E-state index contributed by atoms with van der Waals surface area (Å²) in [5.41, 5.74) is 0.764. The van der Waals surface area contributed by atoms with Gasteiger partial charge in [0.25, 0.3) is 0 Å². The van der Waals surface area contributed by atoms with Crippen LogP contribution in [0.5, 0.6) is 0 Å². The van der Waals surface area contributed by atoms with Crippen molar-refractivity contribution in [1.29, 1.82) is 0 Å². The van der Waals surface area contributed by atoms with Crippen molar-refractivity contribution in [3.8, 4) is 0 Å². The topological polar surface area (TPSA) is 75.1 Å². The highest BCUT2D eigenvalue weighted by Crippen LogP contribution is 2.27. The summed E-state index contributed by atoms with van der Waals surface area (Å²) in [6.45, 7) is 2.68. The van der Waals surface area contributed by atoms with E-state index in [0.717, 1.165) is 6.42 Å². The van der Waals surface area contributed by atoms with Gasteiger partial charge in [0.15, 0.2) is 0 Å². The number of nitrogens with zero attached hydrogens (tertiary/aromatic N) is 2. The zero-order valence-electron chi connectivity index (χ0n) is 12.0. The predicted octanol–water partition coefficient (Wildman–Crippen LogP) is 2.62. The van der Waals surface area contributed by atoms with Crippen LogP contribution in [0.2, 0.25) is 0 Å². The summed E-state index contributed by atoms with van der Waals surface area (Å²) in [7, 11) is 0. The monoisotopic (exact) mass is 277 g/mol. The molecule has 1 atom stereocenters. The van der Waals surface area contributed by atoms with E-state index in [1.807, 2.05) is 0 Å². The average molecular weight is 277 g/mol. The predicted molar refractivity (Wildman–Crippen MR) is 76.5 cm³/mol. The molecule has 0 bridgehead atoms. The van der Waals surface area contributed by atoms with Crippen LogP contribution in [0.3, 0.4) is 0 Å². The van der Waals surface area contributed by atoms with Crippen LogP contribution < -0.4 is 5.32 Å². The molecular formula is C15H23N3O2. The van der Waals surface area contributed by atoms with E-state index in [9.17, 15) is 4.79 Å². The van der Waals surface area contributed by atoms with Gasteiger partial charge in [-0.25, -0.2) is 14.8 Å². The van der Waals surface area contributed by atoms with Crippen LogP contribution in [0, 0.1) is 5.92 Å². The maximum atomic E-state index is 11.1. The summed E-state index contributed by atoms with van der Waals surface area (Å²) >= 11 is 0. The second-order valence-electron chi connectivity index (χ2n) is 5.48. The summed E-state index contributed by atoms with van der Waals surface area (Å²) in [6.07, 6.45) is 10.4. The molecule has 1 aliphatic rings. The van der Waals surface area contributed by atoms with Gasteiger partial charge in [0.1, 0.15) is 11.9 Å². The van der Waals surface area contributed by atoms with Crippen LogP contribution in [0.4, 0.5) is 0 Å². The van der Waals surface area contributed by atoms with Crippen LogP contribution in [-0.2, 0) is 6.54 Å². The lowest BCUT2D eigenvalue weighted by Crippen LogP contribution is -2.36. The van der Waals surface area contributed by atoms with E-state index in [-0.39, 0.29) is 5.56 Å². The van der Waals surface area contributed by atoms with Gasteiger partial charge in [0.05, 0.1) is 5.69 Å². The van der Waals surface area contributed by atoms with E-state index >= 15 is 0 Å². The first-order chi connectivity index (χ1) is 9.72. The standard InChI is InChI=1S/C15H23N3O2/c1-2-13(11-6-4-3-5-7-11)17-9-14-12(15(19)20)8-16-10-18-14/h8,10-11,13,17H,2-7,9H2,1H3,(H,19,20). The van der Waals surface area contributed by atoms with Crippen molar-refractivity contribution in [2.75, 3.05) is 0 Å². The molecule has 0 aliphatic heterocycles. The lowest BCUT2D eigenvalue weighted by molar-refractivity contribution is 0.0694. The fourth-order valence-electron chi connectivity index (χ4n) is 3.08. The Morgan fingerprint density at radius 3 is 2.85 bits per heavy atom. The highest BCUT2D eigenvalue weighted by Gasteiger charge is 2.22. The Morgan fingerprint density at radius 1 is 1.45 bits per heavy atom. The van der Waals surface area contributed by atoms with Gasteiger partial charge in [-0.05, 0) is 25.2 Å².